The third kappa shape index (κ3) is 2.43. The number of nitrogens with one attached hydrogen (secondary N) is 1. The molecule has 0 aromatic carbocycles. The van der Waals surface area contributed by atoms with E-state index in [2.05, 4.69) is 15.5 Å². The zero-order valence-electron chi connectivity index (χ0n) is 11.1. The Balaban J connectivity index is 2.38. The summed E-state index contributed by atoms with van der Waals surface area (Å²) in [6.07, 6.45) is 2.19. The molecule has 0 radical (unpaired) electrons. The van der Waals surface area contributed by atoms with E-state index >= 15 is 0 Å². The Morgan fingerprint density at radius 1 is 1.24 bits per heavy atom. The molecule has 21 heavy (non-hydrogen) atoms. The monoisotopic (exact) mass is 293 g/mol. The minimum atomic E-state index is -0.794. The van der Waals surface area contributed by atoms with E-state index in [1.807, 2.05) is 0 Å². The van der Waals surface area contributed by atoms with E-state index in [9.17, 15) is 19.7 Å². The molecule has 0 atom stereocenters. The maximum absolute atomic E-state index is 12.1. The molecule has 2 heterocycles. The Morgan fingerprint density at radius 2 is 1.81 bits per heavy atom. The molecule has 2 rings (SSSR count). The summed E-state index contributed by atoms with van der Waals surface area (Å²) in [4.78, 5) is 33.6. The van der Waals surface area contributed by atoms with Crippen LogP contribution in [0.25, 0.3) is 0 Å². The number of anilines is 1. The van der Waals surface area contributed by atoms with Crippen LogP contribution in [0.4, 0.5) is 11.4 Å². The van der Waals surface area contributed by atoms with Crippen molar-refractivity contribution >= 4 is 23.2 Å². The predicted molar refractivity (Wildman–Crippen MR) is 69.5 cm³/mol. The highest BCUT2D eigenvalue weighted by molar-refractivity contribution is 6.09. The third-order valence-electron chi connectivity index (χ3n) is 2.75. The van der Waals surface area contributed by atoms with Gasteiger partial charge in [0.2, 0.25) is 5.69 Å². The molecule has 0 aliphatic rings. The van der Waals surface area contributed by atoms with Crippen LogP contribution in [0.2, 0.25) is 0 Å². The van der Waals surface area contributed by atoms with Gasteiger partial charge in [0.05, 0.1) is 16.8 Å². The number of hydrogen-bond donors (Lipinski definition) is 2. The highest BCUT2D eigenvalue weighted by Gasteiger charge is 2.27. The molecule has 0 saturated carbocycles. The predicted octanol–water partition coefficient (Wildman–Crippen LogP) is -0.587. The average Bonchev–Trinajstić information content (AvgIpc) is 2.92. The first-order valence-corrected chi connectivity index (χ1v) is 5.62. The molecule has 0 aliphatic heterocycles. The second-order valence-corrected chi connectivity index (χ2v) is 4.11. The Labute approximate surface area is 117 Å². The Bertz CT molecular complexity index is 745. The minimum Gasteiger partial charge on any atom is -0.364 e. The van der Waals surface area contributed by atoms with Crippen LogP contribution in [-0.2, 0) is 14.1 Å². The van der Waals surface area contributed by atoms with Gasteiger partial charge in [0.1, 0.15) is 11.9 Å². The maximum atomic E-state index is 12.1. The van der Waals surface area contributed by atoms with Crippen molar-refractivity contribution in [3.8, 4) is 0 Å². The summed E-state index contributed by atoms with van der Waals surface area (Å²) in [5.41, 5.74) is 4.53. The third-order valence-corrected chi connectivity index (χ3v) is 2.75. The molecule has 0 aliphatic carbocycles. The molecule has 2 aromatic rings. The Kier molecular flexibility index (Phi) is 3.40. The van der Waals surface area contributed by atoms with Gasteiger partial charge in [0, 0.05) is 14.1 Å². The van der Waals surface area contributed by atoms with Gasteiger partial charge in [-0.05, 0) is 0 Å². The fourth-order valence-corrected chi connectivity index (χ4v) is 1.83. The van der Waals surface area contributed by atoms with Crippen molar-refractivity contribution in [2.75, 3.05) is 5.32 Å². The lowest BCUT2D eigenvalue weighted by Crippen LogP contribution is -2.22. The normalized spacial score (nSPS) is 10.4. The van der Waals surface area contributed by atoms with Gasteiger partial charge in [-0.3, -0.25) is 29.1 Å². The van der Waals surface area contributed by atoms with Crippen molar-refractivity contribution in [2.45, 2.75) is 0 Å². The van der Waals surface area contributed by atoms with Crippen LogP contribution in [0.5, 0.6) is 0 Å². The van der Waals surface area contributed by atoms with Gasteiger partial charge in [-0.15, -0.1) is 0 Å². The Hall–Kier alpha value is -3.24. The van der Waals surface area contributed by atoms with Crippen LogP contribution in [0.1, 0.15) is 21.0 Å². The first kappa shape index (κ1) is 14.2. The van der Waals surface area contributed by atoms with Crippen molar-refractivity contribution in [3.05, 3.63) is 33.9 Å². The Morgan fingerprint density at radius 3 is 2.38 bits per heavy atom. The van der Waals surface area contributed by atoms with Gasteiger partial charge in [-0.1, -0.05) is 0 Å². The van der Waals surface area contributed by atoms with E-state index in [-0.39, 0.29) is 17.1 Å². The van der Waals surface area contributed by atoms with Crippen LogP contribution in [-0.4, -0.2) is 36.3 Å². The smallest absolute Gasteiger partial charge is 0.320 e. The molecule has 110 valence electrons. The zero-order valence-corrected chi connectivity index (χ0v) is 11.1. The van der Waals surface area contributed by atoms with Crippen LogP contribution in [0.3, 0.4) is 0 Å². The summed E-state index contributed by atoms with van der Waals surface area (Å²) >= 11 is 0. The number of rotatable bonds is 4. The van der Waals surface area contributed by atoms with Gasteiger partial charge >= 0.3 is 5.69 Å². The van der Waals surface area contributed by atoms with Gasteiger partial charge in [0.15, 0.2) is 0 Å². The van der Waals surface area contributed by atoms with Crippen molar-refractivity contribution in [1.29, 1.82) is 0 Å². The quantitative estimate of drug-likeness (QED) is 0.568. The maximum Gasteiger partial charge on any atom is 0.320 e. The second-order valence-electron chi connectivity index (χ2n) is 4.11. The summed E-state index contributed by atoms with van der Waals surface area (Å²) in [6.45, 7) is 0. The number of nitro groups is 1. The van der Waals surface area contributed by atoms with E-state index in [1.165, 1.54) is 25.0 Å². The number of primary amides is 1. The summed E-state index contributed by atoms with van der Waals surface area (Å²) in [5, 5.41) is 20.7. The molecule has 0 saturated heterocycles. The SMILES string of the molecule is Cn1ncc(NC(=O)c2c([N+](=O)[O-])cnn2C)c1C(N)=O. The topological polar surface area (TPSA) is 151 Å². The molecule has 11 nitrogen and oxygen atoms in total. The summed E-state index contributed by atoms with van der Waals surface area (Å²) < 4.78 is 2.25. The van der Waals surface area contributed by atoms with E-state index in [0.29, 0.717) is 0 Å². The van der Waals surface area contributed by atoms with Crippen LogP contribution in [0.15, 0.2) is 12.4 Å². The van der Waals surface area contributed by atoms with Crippen LogP contribution in [0, 0.1) is 10.1 Å². The molecule has 0 spiro atoms. The minimum absolute atomic E-state index is 0.0202. The van der Waals surface area contributed by atoms with Crippen LogP contribution >= 0.6 is 0 Å². The largest absolute Gasteiger partial charge is 0.364 e. The summed E-state index contributed by atoms with van der Waals surface area (Å²) in [7, 11) is 2.86. The van der Waals surface area contributed by atoms with E-state index in [0.717, 1.165) is 10.9 Å². The fraction of sp³-hybridized carbons (Fsp3) is 0.200. The molecule has 0 fully saturated rings. The lowest BCUT2D eigenvalue weighted by molar-refractivity contribution is -0.385. The zero-order chi connectivity index (χ0) is 15.7. The molecule has 11 heteroatoms. The van der Waals surface area contributed by atoms with Gasteiger partial charge in [0.25, 0.3) is 11.8 Å². The standard InChI is InChI=1S/C10H11N7O4/c1-15-7(9(11)18)5(3-12-15)14-10(19)8-6(17(20)21)4-13-16(8)2/h3-4H,1-2H3,(H2,11,18)(H,14,19). The van der Waals surface area contributed by atoms with Crippen molar-refractivity contribution < 1.29 is 14.5 Å². The number of carbonyl (C=O) groups is 2. The van der Waals surface area contributed by atoms with Crippen molar-refractivity contribution in [1.82, 2.24) is 19.6 Å². The van der Waals surface area contributed by atoms with E-state index in [1.54, 1.807) is 0 Å². The molecule has 3 N–H and O–H groups in total. The number of amides is 2. The van der Waals surface area contributed by atoms with Crippen molar-refractivity contribution in [2.24, 2.45) is 19.8 Å². The van der Waals surface area contributed by atoms with E-state index in [4.69, 9.17) is 5.73 Å². The number of hydrogen-bond acceptors (Lipinski definition) is 6. The summed E-state index contributed by atoms with van der Waals surface area (Å²) in [6, 6.07) is 0. The fourth-order valence-electron chi connectivity index (χ4n) is 1.83. The molecule has 0 unspecified atom stereocenters. The summed E-state index contributed by atoms with van der Waals surface area (Å²) in [5.74, 6) is -1.58. The number of carbonyl (C=O) groups excluding carboxylic acids is 2. The van der Waals surface area contributed by atoms with Gasteiger partial charge < -0.3 is 11.1 Å². The molecule has 0 bridgehead atoms. The average molecular weight is 293 g/mol. The van der Waals surface area contributed by atoms with Gasteiger partial charge in [-0.25, -0.2) is 0 Å². The first-order chi connectivity index (χ1) is 9.82. The highest BCUT2D eigenvalue weighted by atomic mass is 16.6. The first-order valence-electron chi connectivity index (χ1n) is 5.62. The van der Waals surface area contributed by atoms with Crippen LogP contribution < -0.4 is 11.1 Å². The van der Waals surface area contributed by atoms with Gasteiger partial charge in [-0.2, -0.15) is 10.2 Å². The molecular formula is C10H11N7O4. The molecular weight excluding hydrogens is 282 g/mol. The number of nitrogens with two attached hydrogens (primary N) is 1. The lowest BCUT2D eigenvalue weighted by Gasteiger charge is -2.05. The lowest BCUT2D eigenvalue weighted by atomic mass is 10.3. The van der Waals surface area contributed by atoms with Crippen molar-refractivity contribution in [3.63, 3.8) is 0 Å². The highest BCUT2D eigenvalue weighted by Crippen LogP contribution is 2.20. The number of aryl methyl sites for hydroxylation is 2. The number of nitrogens with zero attached hydrogens (tertiary/aromatic N) is 5. The van der Waals surface area contributed by atoms with E-state index < -0.39 is 22.4 Å². The second kappa shape index (κ2) is 5.03. The molecule has 2 aromatic heterocycles. The molecule has 2 amide bonds. The number of aromatic nitrogens is 4.